The summed E-state index contributed by atoms with van der Waals surface area (Å²) in [5.74, 6) is 0.0169. The Morgan fingerprint density at radius 2 is 1.79 bits per heavy atom. The number of ether oxygens (including phenoxy) is 1. The first-order chi connectivity index (χ1) is 9.29. The molecule has 1 saturated carbocycles. The van der Waals surface area contributed by atoms with Crippen molar-refractivity contribution in [2.75, 3.05) is 13.1 Å². The van der Waals surface area contributed by atoms with Crippen molar-refractivity contribution in [1.82, 2.24) is 4.90 Å². The van der Waals surface area contributed by atoms with Crippen LogP contribution in [-0.4, -0.2) is 36.1 Å². The monoisotopic (exact) mass is 267 g/mol. The van der Waals surface area contributed by atoms with Crippen molar-refractivity contribution in [3.63, 3.8) is 0 Å². The average Bonchev–Trinajstić information content (AvgIpc) is 2.47. The molecule has 19 heavy (non-hydrogen) atoms. The zero-order valence-corrected chi connectivity index (χ0v) is 12.4. The summed E-state index contributed by atoms with van der Waals surface area (Å²) < 4.78 is 5.57. The molecule has 2 fully saturated rings. The molecule has 0 unspecified atom stereocenters. The first-order valence-corrected chi connectivity index (χ1v) is 8.23. The van der Waals surface area contributed by atoms with Crippen LogP contribution in [-0.2, 0) is 9.53 Å². The third kappa shape index (κ3) is 4.79. The molecule has 0 atom stereocenters. The van der Waals surface area contributed by atoms with Crippen LogP contribution in [0.3, 0.4) is 0 Å². The van der Waals surface area contributed by atoms with E-state index in [0.717, 1.165) is 31.7 Å². The Morgan fingerprint density at radius 1 is 1.11 bits per heavy atom. The Hall–Kier alpha value is -0.570. The number of likely N-dealkylation sites (tertiary alicyclic amines) is 1. The minimum atomic E-state index is 0.0169. The predicted octanol–water partition coefficient (Wildman–Crippen LogP) is 3.52. The number of nitrogens with zero attached hydrogens (tertiary/aromatic N) is 1. The molecule has 3 heteroatoms. The van der Waals surface area contributed by atoms with E-state index in [-0.39, 0.29) is 12.1 Å². The Kier molecular flexibility index (Phi) is 6.15. The Bertz CT molecular complexity index is 266. The summed E-state index contributed by atoms with van der Waals surface area (Å²) in [7, 11) is 0. The van der Waals surface area contributed by atoms with Gasteiger partial charge in [-0.3, -0.25) is 4.79 Å². The molecule has 0 spiro atoms. The predicted molar refractivity (Wildman–Crippen MR) is 77.1 cm³/mol. The lowest BCUT2D eigenvalue weighted by Gasteiger charge is -2.38. The Labute approximate surface area is 117 Å². The molecular weight excluding hydrogens is 238 g/mol. The number of hydrogen-bond donors (Lipinski definition) is 0. The molecule has 0 radical (unpaired) electrons. The zero-order chi connectivity index (χ0) is 13.5. The first kappa shape index (κ1) is 14.8. The largest absolute Gasteiger partial charge is 0.462 e. The third-order valence-electron chi connectivity index (χ3n) is 4.58. The summed E-state index contributed by atoms with van der Waals surface area (Å²) in [6, 6.07) is 0.755. The molecule has 3 nitrogen and oxygen atoms in total. The number of rotatable bonds is 5. The van der Waals surface area contributed by atoms with Gasteiger partial charge < -0.3 is 9.64 Å². The van der Waals surface area contributed by atoms with Crippen LogP contribution in [0.5, 0.6) is 0 Å². The lowest BCUT2D eigenvalue weighted by molar-refractivity contribution is -0.151. The van der Waals surface area contributed by atoms with Gasteiger partial charge in [-0.2, -0.15) is 0 Å². The van der Waals surface area contributed by atoms with Gasteiger partial charge in [-0.05, 0) is 58.0 Å². The summed E-state index contributed by atoms with van der Waals surface area (Å²) in [5, 5.41) is 0. The van der Waals surface area contributed by atoms with E-state index in [1.54, 1.807) is 0 Å². The second-order valence-corrected chi connectivity index (χ2v) is 6.12. The van der Waals surface area contributed by atoms with Gasteiger partial charge in [0.15, 0.2) is 0 Å². The topological polar surface area (TPSA) is 29.5 Å². The van der Waals surface area contributed by atoms with Gasteiger partial charge in [-0.1, -0.05) is 19.8 Å². The van der Waals surface area contributed by atoms with Crippen LogP contribution >= 0.6 is 0 Å². The highest BCUT2D eigenvalue weighted by molar-refractivity contribution is 5.69. The van der Waals surface area contributed by atoms with Crippen molar-refractivity contribution >= 4 is 5.97 Å². The molecule has 0 aromatic heterocycles. The molecule has 2 aliphatic rings. The minimum Gasteiger partial charge on any atom is -0.462 e. The molecule has 0 amide bonds. The quantitative estimate of drug-likeness (QED) is 0.714. The van der Waals surface area contributed by atoms with E-state index in [0.29, 0.717) is 6.42 Å². The molecular formula is C16H29NO2. The number of hydrogen-bond acceptors (Lipinski definition) is 3. The molecule has 0 N–H and O–H groups in total. The Balaban J connectivity index is 1.65. The van der Waals surface area contributed by atoms with Crippen LogP contribution < -0.4 is 0 Å². The van der Waals surface area contributed by atoms with Crippen molar-refractivity contribution in [3.05, 3.63) is 0 Å². The summed E-state index contributed by atoms with van der Waals surface area (Å²) in [5.41, 5.74) is 0. The maximum atomic E-state index is 11.6. The van der Waals surface area contributed by atoms with Crippen LogP contribution in [0.4, 0.5) is 0 Å². The smallest absolute Gasteiger partial charge is 0.306 e. The average molecular weight is 267 g/mol. The lowest BCUT2D eigenvalue weighted by Crippen LogP contribution is -2.42. The molecule has 1 aliphatic heterocycles. The maximum Gasteiger partial charge on any atom is 0.306 e. The maximum absolute atomic E-state index is 11.6. The molecule has 1 heterocycles. The number of carbonyl (C=O) groups excluding carboxylic acids is 1. The fraction of sp³-hybridized carbons (Fsp3) is 0.938. The zero-order valence-electron chi connectivity index (χ0n) is 12.4. The Morgan fingerprint density at radius 3 is 2.42 bits per heavy atom. The van der Waals surface area contributed by atoms with Crippen molar-refractivity contribution in [1.29, 1.82) is 0 Å². The van der Waals surface area contributed by atoms with Gasteiger partial charge in [-0.15, -0.1) is 0 Å². The van der Waals surface area contributed by atoms with Gasteiger partial charge in [-0.25, -0.2) is 0 Å². The SMILES string of the molecule is CCCCC(=O)OC1CCC(N2CCCCC2)CC1. The second-order valence-electron chi connectivity index (χ2n) is 6.12. The third-order valence-corrected chi connectivity index (χ3v) is 4.58. The van der Waals surface area contributed by atoms with Crippen LogP contribution in [0.2, 0.25) is 0 Å². The molecule has 0 aromatic carbocycles. The van der Waals surface area contributed by atoms with E-state index in [2.05, 4.69) is 11.8 Å². The summed E-state index contributed by atoms with van der Waals surface area (Å²) >= 11 is 0. The minimum absolute atomic E-state index is 0.0169. The second kappa shape index (κ2) is 7.88. The van der Waals surface area contributed by atoms with Crippen molar-refractivity contribution < 1.29 is 9.53 Å². The number of carbonyl (C=O) groups is 1. The normalized spacial score (nSPS) is 29.1. The van der Waals surface area contributed by atoms with E-state index in [1.165, 1.54) is 45.2 Å². The molecule has 1 aliphatic carbocycles. The van der Waals surface area contributed by atoms with Crippen molar-refractivity contribution in [3.8, 4) is 0 Å². The van der Waals surface area contributed by atoms with E-state index in [9.17, 15) is 4.79 Å². The molecule has 110 valence electrons. The van der Waals surface area contributed by atoms with Gasteiger partial charge in [0.25, 0.3) is 0 Å². The fourth-order valence-electron chi connectivity index (χ4n) is 3.38. The van der Waals surface area contributed by atoms with E-state index in [1.807, 2.05) is 0 Å². The van der Waals surface area contributed by atoms with Gasteiger partial charge in [0.1, 0.15) is 6.10 Å². The van der Waals surface area contributed by atoms with Gasteiger partial charge in [0, 0.05) is 12.5 Å². The van der Waals surface area contributed by atoms with E-state index in [4.69, 9.17) is 4.74 Å². The number of piperidine rings is 1. The lowest BCUT2D eigenvalue weighted by atomic mass is 9.90. The van der Waals surface area contributed by atoms with Gasteiger partial charge in [0.2, 0.25) is 0 Å². The standard InChI is InChI=1S/C16H29NO2/c1-2-3-7-16(18)19-15-10-8-14(9-11-15)17-12-5-4-6-13-17/h14-15H,2-13H2,1H3. The van der Waals surface area contributed by atoms with E-state index < -0.39 is 0 Å². The molecule has 2 rings (SSSR count). The van der Waals surface area contributed by atoms with Crippen LogP contribution in [0.1, 0.15) is 71.1 Å². The summed E-state index contributed by atoms with van der Waals surface area (Å²) in [6.45, 7) is 4.67. The highest BCUT2D eigenvalue weighted by atomic mass is 16.5. The molecule has 1 saturated heterocycles. The molecule has 0 bridgehead atoms. The first-order valence-electron chi connectivity index (χ1n) is 8.23. The fourth-order valence-corrected chi connectivity index (χ4v) is 3.38. The highest BCUT2D eigenvalue weighted by Crippen LogP contribution is 2.27. The highest BCUT2D eigenvalue weighted by Gasteiger charge is 2.28. The summed E-state index contributed by atoms with van der Waals surface area (Å²) in [4.78, 5) is 14.3. The summed E-state index contributed by atoms with van der Waals surface area (Å²) in [6.07, 6.45) is 11.5. The van der Waals surface area contributed by atoms with Gasteiger partial charge >= 0.3 is 5.97 Å². The van der Waals surface area contributed by atoms with Crippen LogP contribution in [0.15, 0.2) is 0 Å². The number of esters is 1. The van der Waals surface area contributed by atoms with E-state index >= 15 is 0 Å². The van der Waals surface area contributed by atoms with Crippen LogP contribution in [0.25, 0.3) is 0 Å². The van der Waals surface area contributed by atoms with Crippen LogP contribution in [0, 0.1) is 0 Å². The molecule has 0 aromatic rings. The van der Waals surface area contributed by atoms with Gasteiger partial charge in [0.05, 0.1) is 0 Å². The number of unbranched alkanes of at least 4 members (excludes halogenated alkanes) is 1. The van der Waals surface area contributed by atoms with Crippen molar-refractivity contribution in [2.45, 2.75) is 83.3 Å². The van der Waals surface area contributed by atoms with Crippen molar-refractivity contribution in [2.24, 2.45) is 0 Å².